The van der Waals surface area contributed by atoms with Gasteiger partial charge in [-0.25, -0.2) is 4.79 Å². The van der Waals surface area contributed by atoms with Crippen LogP contribution in [-0.2, 0) is 11.3 Å². The minimum atomic E-state index is -0.124. The quantitative estimate of drug-likeness (QED) is 0.755. The summed E-state index contributed by atoms with van der Waals surface area (Å²) in [5.41, 5.74) is 1.69. The van der Waals surface area contributed by atoms with Crippen molar-refractivity contribution in [3.63, 3.8) is 0 Å². The number of aromatic nitrogens is 2. The fraction of sp³-hybridized carbons (Fsp3) is 0.500. The first-order valence-corrected chi connectivity index (χ1v) is 11.3. The first kappa shape index (κ1) is 22.1. The Kier molecular flexibility index (Phi) is 6.28. The van der Waals surface area contributed by atoms with E-state index in [2.05, 4.69) is 12.1 Å². The number of quaternary nitrogens is 1. The lowest BCUT2D eigenvalue weighted by Gasteiger charge is -2.24. The number of amides is 2. The Hall–Kier alpha value is -2.09. The molecule has 2 heterocycles. The molecule has 4 rings (SSSR count). The zero-order valence-corrected chi connectivity index (χ0v) is 19.5. The van der Waals surface area contributed by atoms with E-state index in [1.807, 2.05) is 23.1 Å². The van der Waals surface area contributed by atoms with E-state index in [0.717, 1.165) is 43.1 Å². The first-order chi connectivity index (χ1) is 14.7. The molecule has 1 N–H and O–H groups in total. The highest BCUT2D eigenvalue weighted by Crippen LogP contribution is 2.37. The molecule has 9 heteroatoms. The van der Waals surface area contributed by atoms with Crippen LogP contribution in [-0.4, -0.2) is 59.8 Å². The molecule has 1 aliphatic carbocycles. The van der Waals surface area contributed by atoms with E-state index in [1.54, 1.807) is 19.4 Å². The summed E-state index contributed by atoms with van der Waals surface area (Å²) >= 11 is 12.5. The molecule has 1 aliphatic heterocycles. The maximum atomic E-state index is 12.9. The van der Waals surface area contributed by atoms with Gasteiger partial charge in [0.1, 0.15) is 6.54 Å². The van der Waals surface area contributed by atoms with Crippen molar-refractivity contribution in [1.82, 2.24) is 14.7 Å². The monoisotopic (exact) mass is 464 g/mol. The third-order valence-corrected chi connectivity index (χ3v) is 7.42. The molecule has 4 atom stereocenters. The van der Waals surface area contributed by atoms with E-state index in [4.69, 9.17) is 23.2 Å². The van der Waals surface area contributed by atoms with E-state index >= 15 is 0 Å². The number of carbonyl (C=O) groups excluding carboxylic acids is 2. The van der Waals surface area contributed by atoms with Crippen molar-refractivity contribution in [1.29, 1.82) is 0 Å². The van der Waals surface area contributed by atoms with Crippen LogP contribution in [0.2, 0.25) is 10.0 Å². The summed E-state index contributed by atoms with van der Waals surface area (Å²) in [4.78, 5) is 29.2. The molecular weight excluding hydrogens is 437 g/mol. The van der Waals surface area contributed by atoms with Crippen LogP contribution in [0.25, 0.3) is 0 Å². The van der Waals surface area contributed by atoms with E-state index < -0.39 is 0 Å². The maximum absolute atomic E-state index is 12.9. The van der Waals surface area contributed by atoms with Crippen molar-refractivity contribution in [2.75, 3.05) is 32.1 Å². The minimum absolute atomic E-state index is 0.0978. The van der Waals surface area contributed by atoms with Crippen molar-refractivity contribution in [2.45, 2.75) is 32.4 Å². The third kappa shape index (κ3) is 4.59. The van der Waals surface area contributed by atoms with Crippen molar-refractivity contribution in [3.8, 4) is 0 Å². The van der Waals surface area contributed by atoms with Crippen LogP contribution in [0.1, 0.15) is 25.3 Å². The van der Waals surface area contributed by atoms with E-state index in [9.17, 15) is 9.59 Å². The summed E-state index contributed by atoms with van der Waals surface area (Å²) in [6.07, 6.45) is 5.35. The van der Waals surface area contributed by atoms with Crippen LogP contribution < -0.4 is 9.80 Å². The normalized spacial score (nSPS) is 23.6. The zero-order chi connectivity index (χ0) is 22.3. The van der Waals surface area contributed by atoms with Crippen molar-refractivity contribution in [2.24, 2.45) is 11.8 Å². The van der Waals surface area contributed by atoms with Gasteiger partial charge in [0.15, 0.2) is 0 Å². The maximum Gasteiger partial charge on any atom is 0.344 e. The molecule has 2 aromatic rings. The number of nitrogens with one attached hydrogen (secondary N) is 1. The van der Waals surface area contributed by atoms with Gasteiger partial charge >= 0.3 is 6.03 Å². The second kappa shape index (κ2) is 8.81. The summed E-state index contributed by atoms with van der Waals surface area (Å²) < 4.78 is 1.34. The van der Waals surface area contributed by atoms with E-state index in [0.29, 0.717) is 28.6 Å². The van der Waals surface area contributed by atoms with Gasteiger partial charge in [-0.15, -0.1) is 0 Å². The predicted octanol–water partition coefficient (Wildman–Crippen LogP) is 2.57. The molecule has 2 amide bonds. The van der Waals surface area contributed by atoms with Gasteiger partial charge in [-0.3, -0.25) is 4.79 Å². The Bertz CT molecular complexity index is 980. The van der Waals surface area contributed by atoms with Gasteiger partial charge in [-0.2, -0.15) is 9.78 Å². The second-order valence-corrected chi connectivity index (χ2v) is 9.70. The average Bonchev–Trinajstić information content (AvgIpc) is 3.44. The Morgan fingerprint density at radius 1 is 1.23 bits per heavy atom. The largest absolute Gasteiger partial charge is 0.344 e. The number of rotatable bonds is 4. The third-order valence-electron chi connectivity index (χ3n) is 6.82. The van der Waals surface area contributed by atoms with Crippen LogP contribution in [0, 0.1) is 11.8 Å². The first-order valence-electron chi connectivity index (χ1n) is 10.6. The molecule has 2 unspecified atom stereocenters. The number of anilines is 1. The Morgan fingerprint density at radius 3 is 2.55 bits per heavy atom. The highest BCUT2D eigenvalue weighted by Gasteiger charge is 2.45. The van der Waals surface area contributed by atoms with Crippen LogP contribution in [0.5, 0.6) is 0 Å². The van der Waals surface area contributed by atoms with E-state index in [-0.39, 0.29) is 11.9 Å². The number of likely N-dealkylation sites (tertiary alicyclic amines) is 1. The molecule has 1 saturated heterocycles. The fourth-order valence-corrected chi connectivity index (χ4v) is 5.28. The van der Waals surface area contributed by atoms with Crippen molar-refractivity contribution in [3.05, 3.63) is 46.2 Å². The number of halogens is 2. The lowest BCUT2D eigenvalue weighted by Crippen LogP contribution is -3.11. The molecule has 1 saturated carbocycles. The number of hydrogen-bond acceptors (Lipinski definition) is 3. The van der Waals surface area contributed by atoms with Gasteiger partial charge in [0, 0.05) is 55.5 Å². The smallest absolute Gasteiger partial charge is 0.331 e. The lowest BCUT2D eigenvalue weighted by molar-refractivity contribution is -0.919. The SMILES string of the molecule is CC(=O)N(C)c1cnn(C(=O)N2C[C@H]3CC([NH+](C)Cc4cc(Cl)ccc4Cl)C[C@H]3C2)c1. The number of fused-ring (bicyclic) bond motifs is 1. The zero-order valence-electron chi connectivity index (χ0n) is 18.0. The van der Waals surface area contributed by atoms with Crippen LogP contribution in [0.4, 0.5) is 10.5 Å². The number of benzene rings is 1. The molecule has 31 heavy (non-hydrogen) atoms. The summed E-state index contributed by atoms with van der Waals surface area (Å²) in [6.45, 7) is 3.83. The summed E-state index contributed by atoms with van der Waals surface area (Å²) in [6, 6.07) is 6.04. The highest BCUT2D eigenvalue weighted by molar-refractivity contribution is 6.33. The molecule has 166 valence electrons. The molecule has 1 aromatic heterocycles. The van der Waals surface area contributed by atoms with Crippen LogP contribution >= 0.6 is 23.2 Å². The summed E-state index contributed by atoms with van der Waals surface area (Å²) in [5, 5.41) is 5.63. The van der Waals surface area contributed by atoms with Crippen molar-refractivity contribution >= 4 is 40.8 Å². The fourth-order valence-electron chi connectivity index (χ4n) is 4.90. The molecule has 0 bridgehead atoms. The molecule has 0 radical (unpaired) electrons. The van der Waals surface area contributed by atoms with Gasteiger partial charge in [-0.1, -0.05) is 23.2 Å². The molecule has 2 fully saturated rings. The Balaban J connectivity index is 1.34. The Labute approximate surface area is 192 Å². The molecule has 1 aromatic carbocycles. The van der Waals surface area contributed by atoms with Crippen molar-refractivity contribution < 1.29 is 14.5 Å². The molecule has 7 nitrogen and oxygen atoms in total. The Morgan fingerprint density at radius 2 is 1.90 bits per heavy atom. The highest BCUT2D eigenvalue weighted by atomic mass is 35.5. The number of carbonyl (C=O) groups is 2. The molecular formula is C22H28Cl2N5O2+. The van der Waals surface area contributed by atoms with Crippen LogP contribution in [0.3, 0.4) is 0 Å². The minimum Gasteiger partial charge on any atom is -0.331 e. The number of nitrogens with zero attached hydrogens (tertiary/aromatic N) is 4. The standard InChI is InChI=1S/C22H27Cl2N5O2/c1-14(30)27(3)20-9-25-29(13-20)22(31)28-11-15-7-19(8-16(15)12-28)26(2)10-17-6-18(23)4-5-21(17)24/h4-6,9,13,15-16,19H,7-8,10-12H2,1-3H3/p+1/t15-,16+,19?. The molecule has 0 spiro atoms. The molecule has 2 aliphatic rings. The topological polar surface area (TPSA) is 62.9 Å². The van der Waals surface area contributed by atoms with Crippen LogP contribution in [0.15, 0.2) is 30.6 Å². The second-order valence-electron chi connectivity index (χ2n) is 8.86. The summed E-state index contributed by atoms with van der Waals surface area (Å²) in [5.74, 6) is 0.918. The van der Waals surface area contributed by atoms with E-state index in [1.165, 1.54) is 21.4 Å². The van der Waals surface area contributed by atoms with Gasteiger partial charge in [0.25, 0.3) is 0 Å². The lowest BCUT2D eigenvalue weighted by atomic mass is 10.0. The summed E-state index contributed by atoms with van der Waals surface area (Å²) in [7, 11) is 3.88. The van der Waals surface area contributed by atoms with Gasteiger partial charge < -0.3 is 14.7 Å². The van der Waals surface area contributed by atoms with Gasteiger partial charge in [0.05, 0.1) is 31.2 Å². The average molecular weight is 465 g/mol. The van der Waals surface area contributed by atoms with Gasteiger partial charge in [0.2, 0.25) is 5.91 Å². The predicted molar refractivity (Wildman–Crippen MR) is 121 cm³/mol. The van der Waals surface area contributed by atoms with Gasteiger partial charge in [-0.05, 0) is 30.0 Å². The number of hydrogen-bond donors (Lipinski definition) is 1.